The summed E-state index contributed by atoms with van der Waals surface area (Å²) >= 11 is 0. The highest BCUT2D eigenvalue weighted by atomic mass is 16.1. The summed E-state index contributed by atoms with van der Waals surface area (Å²) in [5, 5.41) is 7.36. The molecule has 1 fully saturated rings. The van der Waals surface area contributed by atoms with E-state index in [1.54, 1.807) is 0 Å². The number of nitrogens with two attached hydrogens (primary N) is 1. The van der Waals surface area contributed by atoms with Gasteiger partial charge in [-0.25, -0.2) is 4.98 Å². The Hall–Kier alpha value is -3.15. The molecule has 0 saturated heterocycles. The molecule has 144 valence electrons. The lowest BCUT2D eigenvalue weighted by Gasteiger charge is -2.24. The Kier molecular flexibility index (Phi) is 5.10. The van der Waals surface area contributed by atoms with Gasteiger partial charge in [0.1, 0.15) is 5.82 Å². The number of hydrogen-bond acceptors (Lipinski definition) is 5. The second-order valence-electron chi connectivity index (χ2n) is 7.40. The van der Waals surface area contributed by atoms with Crippen molar-refractivity contribution < 1.29 is 4.79 Å². The van der Waals surface area contributed by atoms with Crippen LogP contribution >= 0.6 is 0 Å². The number of hydrogen-bond donors (Lipinski definition) is 3. The summed E-state index contributed by atoms with van der Waals surface area (Å²) in [6, 6.07) is 14.4. The second kappa shape index (κ2) is 7.84. The molecule has 0 bridgehead atoms. The van der Waals surface area contributed by atoms with Crippen LogP contribution in [0, 0.1) is 0 Å². The molecule has 0 unspecified atom stereocenters. The van der Waals surface area contributed by atoms with E-state index in [2.05, 4.69) is 26.7 Å². The predicted octanol–water partition coefficient (Wildman–Crippen LogP) is 4.58. The Morgan fingerprint density at radius 2 is 1.71 bits per heavy atom. The van der Waals surface area contributed by atoms with Crippen LogP contribution in [-0.2, 0) is 4.79 Å². The molecule has 1 aliphatic rings. The molecule has 28 heavy (non-hydrogen) atoms. The molecular weight excluding hydrogens is 350 g/mol. The highest BCUT2D eigenvalue weighted by Gasteiger charge is 2.16. The van der Waals surface area contributed by atoms with Gasteiger partial charge < -0.3 is 16.4 Å². The fraction of sp³-hybridized carbons (Fsp3) is 0.318. The molecule has 2 aromatic carbocycles. The van der Waals surface area contributed by atoms with Crippen LogP contribution in [-0.4, -0.2) is 21.9 Å². The molecule has 6 nitrogen and oxygen atoms in total. The summed E-state index contributed by atoms with van der Waals surface area (Å²) in [6.07, 6.45) is 6.14. The Balaban J connectivity index is 1.67. The maximum absolute atomic E-state index is 11.2. The molecule has 0 aliphatic heterocycles. The zero-order chi connectivity index (χ0) is 19.5. The van der Waals surface area contributed by atoms with Gasteiger partial charge in [-0.05, 0) is 48.2 Å². The van der Waals surface area contributed by atoms with Crippen molar-refractivity contribution in [2.75, 3.05) is 16.4 Å². The molecule has 0 spiro atoms. The maximum Gasteiger partial charge on any atom is 0.222 e. The molecular formula is C22H25N5O. The summed E-state index contributed by atoms with van der Waals surface area (Å²) in [5.74, 6) is 1.02. The van der Waals surface area contributed by atoms with Crippen molar-refractivity contribution in [3.8, 4) is 11.1 Å². The average Bonchev–Trinajstić information content (AvgIpc) is 2.69. The van der Waals surface area contributed by atoms with Crippen LogP contribution < -0.4 is 16.4 Å². The van der Waals surface area contributed by atoms with Crippen LogP contribution in [0.3, 0.4) is 0 Å². The summed E-state index contributed by atoms with van der Waals surface area (Å²) in [4.78, 5) is 20.1. The van der Waals surface area contributed by atoms with Crippen molar-refractivity contribution in [3.63, 3.8) is 0 Å². The Morgan fingerprint density at radius 1 is 1.00 bits per heavy atom. The van der Waals surface area contributed by atoms with Gasteiger partial charge in [0, 0.05) is 24.0 Å². The number of nitrogen functional groups attached to an aromatic ring is 1. The third-order valence-electron chi connectivity index (χ3n) is 5.20. The zero-order valence-corrected chi connectivity index (χ0v) is 16.0. The van der Waals surface area contributed by atoms with Gasteiger partial charge in [-0.2, -0.15) is 4.98 Å². The number of carbonyl (C=O) groups is 1. The average molecular weight is 375 g/mol. The number of nitrogens with one attached hydrogen (secondary N) is 2. The minimum atomic E-state index is -0.0772. The minimum absolute atomic E-state index is 0.0772. The smallest absolute Gasteiger partial charge is 0.222 e. The first-order chi connectivity index (χ1) is 13.6. The number of anilines is 3. The number of nitrogens with zero attached hydrogens (tertiary/aromatic N) is 2. The van der Waals surface area contributed by atoms with E-state index in [-0.39, 0.29) is 5.91 Å². The number of amides is 1. The molecule has 1 heterocycles. The normalized spacial score (nSPS) is 14.8. The van der Waals surface area contributed by atoms with Gasteiger partial charge in [-0.3, -0.25) is 4.79 Å². The predicted molar refractivity (Wildman–Crippen MR) is 114 cm³/mol. The van der Waals surface area contributed by atoms with Gasteiger partial charge in [0.05, 0.1) is 5.52 Å². The lowest BCUT2D eigenvalue weighted by Crippen LogP contribution is -2.23. The van der Waals surface area contributed by atoms with Crippen molar-refractivity contribution in [3.05, 3.63) is 42.5 Å². The summed E-state index contributed by atoms with van der Waals surface area (Å²) in [5.41, 5.74) is 9.70. The van der Waals surface area contributed by atoms with Crippen molar-refractivity contribution in [1.82, 2.24) is 9.97 Å². The van der Waals surface area contributed by atoms with E-state index in [4.69, 9.17) is 5.73 Å². The molecule has 1 saturated carbocycles. The van der Waals surface area contributed by atoms with Gasteiger partial charge >= 0.3 is 0 Å². The van der Waals surface area contributed by atoms with E-state index in [9.17, 15) is 4.79 Å². The van der Waals surface area contributed by atoms with Crippen LogP contribution in [0.25, 0.3) is 22.0 Å². The Bertz CT molecular complexity index is 994. The lowest BCUT2D eigenvalue weighted by atomic mass is 9.95. The van der Waals surface area contributed by atoms with Crippen molar-refractivity contribution in [2.24, 2.45) is 0 Å². The number of carbonyl (C=O) groups excluding carboxylic acids is 1. The molecule has 4 N–H and O–H groups in total. The molecule has 3 aromatic rings. The fourth-order valence-electron chi connectivity index (χ4n) is 3.83. The summed E-state index contributed by atoms with van der Waals surface area (Å²) < 4.78 is 0. The van der Waals surface area contributed by atoms with E-state index < -0.39 is 0 Å². The van der Waals surface area contributed by atoms with Crippen LogP contribution in [0.15, 0.2) is 42.5 Å². The van der Waals surface area contributed by atoms with Crippen molar-refractivity contribution >= 4 is 34.3 Å². The van der Waals surface area contributed by atoms with Crippen molar-refractivity contribution in [1.29, 1.82) is 0 Å². The summed E-state index contributed by atoms with van der Waals surface area (Å²) in [7, 11) is 0. The Morgan fingerprint density at radius 3 is 2.43 bits per heavy atom. The summed E-state index contributed by atoms with van der Waals surface area (Å²) in [6.45, 7) is 1.50. The molecule has 1 aromatic heterocycles. The number of rotatable bonds is 4. The lowest BCUT2D eigenvalue weighted by molar-refractivity contribution is -0.114. The maximum atomic E-state index is 11.2. The second-order valence-corrected chi connectivity index (χ2v) is 7.40. The third-order valence-corrected chi connectivity index (χ3v) is 5.20. The van der Waals surface area contributed by atoms with Crippen molar-refractivity contribution in [2.45, 2.75) is 45.1 Å². The first-order valence-electron chi connectivity index (χ1n) is 9.80. The van der Waals surface area contributed by atoms with Gasteiger partial charge in [0.2, 0.25) is 11.9 Å². The molecule has 1 amide bonds. The van der Waals surface area contributed by atoms with Crippen LogP contribution in [0.1, 0.15) is 39.0 Å². The largest absolute Gasteiger partial charge is 0.368 e. The third kappa shape index (κ3) is 4.06. The molecule has 4 rings (SSSR count). The Labute approximate surface area is 164 Å². The fourth-order valence-corrected chi connectivity index (χ4v) is 3.83. The van der Waals surface area contributed by atoms with E-state index in [1.165, 1.54) is 26.2 Å². The first kappa shape index (κ1) is 18.2. The van der Waals surface area contributed by atoms with Gasteiger partial charge in [0.15, 0.2) is 0 Å². The van der Waals surface area contributed by atoms with E-state index in [1.807, 2.05) is 36.4 Å². The molecule has 0 atom stereocenters. The first-order valence-corrected chi connectivity index (χ1v) is 9.80. The number of fused-ring (bicyclic) bond motifs is 1. The SMILES string of the molecule is CC(=O)Nc1ccc(-c2ccc3nc(N)nc(NC4CCCCC4)c3c2)cc1. The van der Waals surface area contributed by atoms with E-state index in [0.717, 1.165) is 46.4 Å². The van der Waals surface area contributed by atoms with Crippen LogP contribution in [0.2, 0.25) is 0 Å². The topological polar surface area (TPSA) is 92.9 Å². The number of aromatic nitrogens is 2. The zero-order valence-electron chi connectivity index (χ0n) is 16.0. The highest BCUT2D eigenvalue weighted by Crippen LogP contribution is 2.30. The van der Waals surface area contributed by atoms with E-state index >= 15 is 0 Å². The van der Waals surface area contributed by atoms with Crippen LogP contribution in [0.5, 0.6) is 0 Å². The van der Waals surface area contributed by atoms with E-state index in [0.29, 0.717) is 12.0 Å². The number of benzene rings is 2. The molecule has 6 heteroatoms. The molecule has 0 radical (unpaired) electrons. The standard InChI is InChI=1S/C22H25N5O/c1-14(28)24-18-10-7-15(8-11-18)16-9-12-20-19(13-16)21(27-22(23)26-20)25-17-5-3-2-4-6-17/h7-13,17H,2-6H2,1H3,(H,24,28)(H3,23,25,26,27). The van der Waals surface area contributed by atoms with Crippen LogP contribution in [0.4, 0.5) is 17.5 Å². The monoisotopic (exact) mass is 375 g/mol. The minimum Gasteiger partial charge on any atom is -0.368 e. The van der Waals surface area contributed by atoms with Gasteiger partial charge in [0.25, 0.3) is 0 Å². The highest BCUT2D eigenvalue weighted by molar-refractivity contribution is 5.94. The van der Waals surface area contributed by atoms with Gasteiger partial charge in [-0.1, -0.05) is 37.5 Å². The quantitative estimate of drug-likeness (QED) is 0.620. The van der Waals surface area contributed by atoms with Gasteiger partial charge in [-0.15, -0.1) is 0 Å². The molecule has 1 aliphatic carbocycles.